The highest BCUT2D eigenvalue weighted by molar-refractivity contribution is 7.12. The van der Waals surface area contributed by atoms with Crippen LogP contribution in [0.2, 0.25) is 0 Å². The number of rotatable bonds is 4. The maximum absolute atomic E-state index is 2.66. The lowest BCUT2D eigenvalue weighted by Crippen LogP contribution is -2.35. The zero-order valence-electron chi connectivity index (χ0n) is 16.0. The molecular formula is C24H27NS. The largest absolute Gasteiger partial charge is 0.287 e. The summed E-state index contributed by atoms with van der Waals surface area (Å²) < 4.78 is 0. The highest BCUT2D eigenvalue weighted by atomic mass is 32.1. The topological polar surface area (TPSA) is 3.24 Å². The summed E-state index contributed by atoms with van der Waals surface area (Å²) in [5.74, 6) is 0. The van der Waals surface area contributed by atoms with E-state index in [1.54, 1.807) is 16.0 Å². The van der Waals surface area contributed by atoms with Gasteiger partial charge in [0.15, 0.2) is 0 Å². The molecule has 0 radical (unpaired) electrons. The van der Waals surface area contributed by atoms with E-state index in [4.69, 9.17) is 0 Å². The molecule has 2 aromatic carbocycles. The van der Waals surface area contributed by atoms with Crippen molar-refractivity contribution in [1.82, 2.24) is 4.90 Å². The van der Waals surface area contributed by atoms with E-state index in [-0.39, 0.29) is 0 Å². The van der Waals surface area contributed by atoms with E-state index in [1.165, 1.54) is 28.0 Å². The Balaban J connectivity index is 1.75. The predicted molar refractivity (Wildman–Crippen MR) is 112 cm³/mol. The van der Waals surface area contributed by atoms with Crippen LogP contribution in [0.3, 0.4) is 0 Å². The Morgan fingerprint density at radius 3 is 2.42 bits per heavy atom. The van der Waals surface area contributed by atoms with Crippen molar-refractivity contribution in [2.45, 2.75) is 46.2 Å². The molecule has 1 nitrogen and oxygen atoms in total. The van der Waals surface area contributed by atoms with Crippen LogP contribution >= 0.6 is 11.3 Å². The first-order valence-corrected chi connectivity index (χ1v) is 10.4. The molecule has 0 saturated heterocycles. The van der Waals surface area contributed by atoms with E-state index in [1.807, 2.05) is 11.3 Å². The number of benzene rings is 2. The minimum atomic E-state index is 0.380. The Bertz CT molecular complexity index is 877. The summed E-state index contributed by atoms with van der Waals surface area (Å²) in [6.45, 7) is 8.89. The molecule has 3 aromatic rings. The van der Waals surface area contributed by atoms with E-state index in [0.29, 0.717) is 6.04 Å². The van der Waals surface area contributed by atoms with Crippen LogP contribution in [-0.2, 0) is 19.4 Å². The van der Waals surface area contributed by atoms with Gasteiger partial charge in [-0.15, -0.1) is 11.3 Å². The molecule has 1 unspecified atom stereocenters. The first kappa shape index (κ1) is 17.5. The van der Waals surface area contributed by atoms with Crippen LogP contribution in [-0.4, -0.2) is 11.4 Å². The van der Waals surface area contributed by atoms with Gasteiger partial charge in [0.2, 0.25) is 0 Å². The summed E-state index contributed by atoms with van der Waals surface area (Å²) in [6, 6.07) is 20.5. The van der Waals surface area contributed by atoms with E-state index in [2.05, 4.69) is 80.3 Å². The highest BCUT2D eigenvalue weighted by Gasteiger charge is 2.32. The molecule has 134 valence electrons. The standard InChI is InChI=1S/C24H27NS/c1-4-21-18(3)26-24-22(21)14-15-25(16-19-12-10-17(2)11-13-19)23(24)20-8-6-5-7-9-20/h5-13,23H,4,14-16H2,1-3H3. The van der Waals surface area contributed by atoms with Gasteiger partial charge in [0.1, 0.15) is 0 Å². The zero-order chi connectivity index (χ0) is 18.1. The van der Waals surface area contributed by atoms with Gasteiger partial charge >= 0.3 is 0 Å². The van der Waals surface area contributed by atoms with E-state index in [0.717, 1.165) is 19.5 Å². The van der Waals surface area contributed by atoms with Gasteiger partial charge in [-0.05, 0) is 48.9 Å². The SMILES string of the molecule is CCc1c(C)sc2c1CCN(Cc1ccc(C)cc1)C2c1ccccc1. The molecule has 0 spiro atoms. The Kier molecular flexibility index (Phi) is 4.97. The van der Waals surface area contributed by atoms with Crippen molar-refractivity contribution in [3.05, 3.63) is 92.2 Å². The van der Waals surface area contributed by atoms with Crippen molar-refractivity contribution in [3.63, 3.8) is 0 Å². The Hall–Kier alpha value is -1.90. The fourth-order valence-corrected chi connectivity index (χ4v) is 5.72. The average molecular weight is 362 g/mol. The van der Waals surface area contributed by atoms with Crippen LogP contribution in [0.1, 0.15) is 50.5 Å². The number of hydrogen-bond donors (Lipinski definition) is 0. The average Bonchev–Trinajstić information content (AvgIpc) is 2.99. The summed E-state index contributed by atoms with van der Waals surface area (Å²) in [5, 5.41) is 0. The second-order valence-electron chi connectivity index (χ2n) is 7.35. The lowest BCUT2D eigenvalue weighted by Gasteiger charge is -2.36. The molecule has 1 atom stereocenters. The number of aryl methyl sites for hydroxylation is 2. The number of fused-ring (bicyclic) bond motifs is 1. The van der Waals surface area contributed by atoms with Crippen LogP contribution in [0.5, 0.6) is 0 Å². The molecule has 1 aliphatic rings. The third-order valence-corrected chi connectivity index (χ3v) is 6.83. The van der Waals surface area contributed by atoms with Gasteiger partial charge in [0.05, 0.1) is 6.04 Å². The molecule has 26 heavy (non-hydrogen) atoms. The molecule has 4 rings (SSSR count). The summed E-state index contributed by atoms with van der Waals surface area (Å²) in [4.78, 5) is 5.75. The van der Waals surface area contributed by atoms with Crippen LogP contribution in [0.4, 0.5) is 0 Å². The lowest BCUT2D eigenvalue weighted by molar-refractivity contribution is 0.207. The molecular weight excluding hydrogens is 334 g/mol. The Morgan fingerprint density at radius 2 is 1.73 bits per heavy atom. The first-order chi connectivity index (χ1) is 12.7. The monoisotopic (exact) mass is 361 g/mol. The predicted octanol–water partition coefficient (Wildman–Crippen LogP) is 6.08. The van der Waals surface area contributed by atoms with E-state index >= 15 is 0 Å². The van der Waals surface area contributed by atoms with Crippen LogP contribution in [0, 0.1) is 13.8 Å². The van der Waals surface area contributed by atoms with Crippen molar-refractivity contribution >= 4 is 11.3 Å². The second kappa shape index (κ2) is 7.38. The molecule has 1 aliphatic heterocycles. The van der Waals surface area contributed by atoms with Gasteiger partial charge in [-0.1, -0.05) is 67.1 Å². The van der Waals surface area contributed by atoms with Gasteiger partial charge in [-0.3, -0.25) is 4.90 Å². The highest BCUT2D eigenvalue weighted by Crippen LogP contribution is 2.43. The van der Waals surface area contributed by atoms with Crippen molar-refractivity contribution in [2.75, 3.05) is 6.54 Å². The summed E-state index contributed by atoms with van der Waals surface area (Å²) in [6.07, 6.45) is 2.33. The van der Waals surface area contributed by atoms with Crippen molar-refractivity contribution in [3.8, 4) is 0 Å². The third-order valence-electron chi connectivity index (χ3n) is 5.59. The maximum atomic E-state index is 2.66. The molecule has 0 aliphatic carbocycles. The molecule has 2 heteroatoms. The number of thiophene rings is 1. The van der Waals surface area contributed by atoms with Crippen molar-refractivity contribution < 1.29 is 0 Å². The Labute approximate surface area is 161 Å². The zero-order valence-corrected chi connectivity index (χ0v) is 16.8. The minimum absolute atomic E-state index is 0.380. The smallest absolute Gasteiger partial charge is 0.0702 e. The van der Waals surface area contributed by atoms with Gasteiger partial charge in [0, 0.05) is 22.8 Å². The van der Waals surface area contributed by atoms with Gasteiger partial charge in [-0.2, -0.15) is 0 Å². The van der Waals surface area contributed by atoms with Crippen LogP contribution in [0.25, 0.3) is 0 Å². The summed E-state index contributed by atoms with van der Waals surface area (Å²) in [7, 11) is 0. The maximum Gasteiger partial charge on any atom is 0.0702 e. The van der Waals surface area contributed by atoms with Gasteiger partial charge in [0.25, 0.3) is 0 Å². The van der Waals surface area contributed by atoms with E-state index < -0.39 is 0 Å². The molecule has 0 bridgehead atoms. The normalized spacial score (nSPS) is 17.3. The van der Waals surface area contributed by atoms with Crippen LogP contribution < -0.4 is 0 Å². The lowest BCUT2D eigenvalue weighted by atomic mass is 9.91. The summed E-state index contributed by atoms with van der Waals surface area (Å²) >= 11 is 2.02. The molecule has 0 fully saturated rings. The quantitative estimate of drug-likeness (QED) is 0.545. The fraction of sp³-hybridized carbons (Fsp3) is 0.333. The number of hydrogen-bond acceptors (Lipinski definition) is 2. The molecule has 0 N–H and O–H groups in total. The first-order valence-electron chi connectivity index (χ1n) is 9.63. The fourth-order valence-electron chi connectivity index (χ4n) is 4.25. The number of nitrogens with zero attached hydrogens (tertiary/aromatic N) is 1. The molecule has 2 heterocycles. The molecule has 0 saturated carbocycles. The summed E-state index contributed by atoms with van der Waals surface area (Å²) in [5.41, 5.74) is 7.38. The second-order valence-corrected chi connectivity index (χ2v) is 8.61. The molecule has 1 aromatic heterocycles. The van der Waals surface area contributed by atoms with Crippen molar-refractivity contribution in [1.29, 1.82) is 0 Å². The van der Waals surface area contributed by atoms with E-state index in [9.17, 15) is 0 Å². The van der Waals surface area contributed by atoms with Crippen LogP contribution in [0.15, 0.2) is 54.6 Å². The Morgan fingerprint density at radius 1 is 1.00 bits per heavy atom. The van der Waals surface area contributed by atoms with Crippen molar-refractivity contribution in [2.24, 2.45) is 0 Å². The minimum Gasteiger partial charge on any atom is -0.287 e. The van der Waals surface area contributed by atoms with Gasteiger partial charge < -0.3 is 0 Å². The molecule has 0 amide bonds. The third kappa shape index (κ3) is 3.24. The van der Waals surface area contributed by atoms with Gasteiger partial charge in [-0.25, -0.2) is 0 Å².